The van der Waals surface area contributed by atoms with Gasteiger partial charge in [-0.05, 0) is 18.2 Å². The number of benzene rings is 2. The minimum Gasteiger partial charge on any atom is -0.491 e. The third-order valence-electron chi connectivity index (χ3n) is 3.73. The zero-order valence-electron chi connectivity index (χ0n) is 13.0. The Morgan fingerprint density at radius 1 is 1.29 bits per heavy atom. The Bertz CT molecular complexity index is 722. The van der Waals surface area contributed by atoms with E-state index in [2.05, 4.69) is 0 Å². The van der Waals surface area contributed by atoms with E-state index in [0.29, 0.717) is 25.4 Å². The number of aliphatic hydroxyl groups excluding tert-OH is 1. The molecule has 1 unspecified atom stereocenters. The van der Waals surface area contributed by atoms with Crippen LogP contribution in [0.2, 0.25) is 0 Å². The highest BCUT2D eigenvalue weighted by molar-refractivity contribution is 5.59. The third kappa shape index (κ3) is 3.75. The van der Waals surface area contributed by atoms with Crippen molar-refractivity contribution in [3.8, 4) is 11.5 Å². The van der Waals surface area contributed by atoms with Crippen LogP contribution in [0.3, 0.4) is 0 Å². The molecule has 0 radical (unpaired) electrons. The monoisotopic (exact) mass is 330 g/mol. The van der Waals surface area contributed by atoms with Crippen LogP contribution in [-0.4, -0.2) is 42.4 Å². The predicted molar refractivity (Wildman–Crippen MR) is 88.7 cm³/mol. The van der Waals surface area contributed by atoms with E-state index in [1.54, 1.807) is 12.1 Å². The van der Waals surface area contributed by atoms with E-state index >= 15 is 0 Å². The van der Waals surface area contributed by atoms with Gasteiger partial charge in [0.15, 0.2) is 0 Å². The number of hydrogen-bond donors (Lipinski definition) is 1. The van der Waals surface area contributed by atoms with Gasteiger partial charge in [0.2, 0.25) is 0 Å². The van der Waals surface area contributed by atoms with Crippen molar-refractivity contribution in [2.45, 2.75) is 6.10 Å². The second kappa shape index (κ2) is 7.18. The zero-order valence-corrected chi connectivity index (χ0v) is 13.0. The van der Waals surface area contributed by atoms with Crippen LogP contribution >= 0.6 is 0 Å². The molecular formula is C17H18N2O5. The number of nitro groups is 1. The van der Waals surface area contributed by atoms with Crippen LogP contribution in [0.5, 0.6) is 11.5 Å². The zero-order chi connectivity index (χ0) is 16.9. The molecule has 1 aliphatic heterocycles. The first kappa shape index (κ1) is 16.1. The highest BCUT2D eigenvalue weighted by Gasteiger charge is 2.20. The SMILES string of the molecule is O=[N+]([O-])c1cccc(OCC(O)CN2CCOc3ccccc32)c1. The first-order valence-electron chi connectivity index (χ1n) is 7.65. The number of nitrogens with zero attached hydrogens (tertiary/aromatic N) is 2. The molecule has 1 aliphatic rings. The van der Waals surface area contributed by atoms with Crippen LogP contribution in [0.1, 0.15) is 0 Å². The van der Waals surface area contributed by atoms with Crippen LogP contribution in [0.4, 0.5) is 11.4 Å². The molecule has 0 saturated heterocycles. The van der Waals surface area contributed by atoms with Crippen molar-refractivity contribution < 1.29 is 19.5 Å². The molecule has 0 aromatic heterocycles. The Labute approximate surface area is 139 Å². The number of hydrogen-bond acceptors (Lipinski definition) is 6. The van der Waals surface area contributed by atoms with Crippen molar-refractivity contribution in [1.82, 2.24) is 0 Å². The summed E-state index contributed by atoms with van der Waals surface area (Å²) in [4.78, 5) is 12.3. The molecule has 1 N–H and O–H groups in total. The van der Waals surface area contributed by atoms with Crippen LogP contribution in [-0.2, 0) is 0 Å². The second-order valence-corrected chi connectivity index (χ2v) is 5.48. The molecule has 2 aromatic rings. The van der Waals surface area contributed by atoms with Crippen molar-refractivity contribution in [1.29, 1.82) is 0 Å². The molecule has 0 bridgehead atoms. The van der Waals surface area contributed by atoms with E-state index in [4.69, 9.17) is 9.47 Å². The lowest BCUT2D eigenvalue weighted by molar-refractivity contribution is -0.384. The minimum absolute atomic E-state index is 0.0379. The number of fused-ring (bicyclic) bond motifs is 1. The van der Waals surface area contributed by atoms with Gasteiger partial charge in [-0.15, -0.1) is 0 Å². The summed E-state index contributed by atoms with van der Waals surface area (Å²) < 4.78 is 11.1. The minimum atomic E-state index is -0.726. The predicted octanol–water partition coefficient (Wildman–Crippen LogP) is 2.23. The van der Waals surface area contributed by atoms with Crippen LogP contribution in [0.15, 0.2) is 48.5 Å². The third-order valence-corrected chi connectivity index (χ3v) is 3.73. The lowest BCUT2D eigenvalue weighted by Gasteiger charge is -2.32. The average molecular weight is 330 g/mol. The number of nitro benzene ring substituents is 1. The van der Waals surface area contributed by atoms with Crippen LogP contribution in [0.25, 0.3) is 0 Å². The number of anilines is 1. The molecular weight excluding hydrogens is 312 g/mol. The van der Waals surface area contributed by atoms with Crippen LogP contribution < -0.4 is 14.4 Å². The Kier molecular flexibility index (Phi) is 4.81. The highest BCUT2D eigenvalue weighted by atomic mass is 16.6. The van der Waals surface area contributed by atoms with Crippen molar-refractivity contribution in [3.63, 3.8) is 0 Å². The van der Waals surface area contributed by atoms with Gasteiger partial charge < -0.3 is 19.5 Å². The second-order valence-electron chi connectivity index (χ2n) is 5.48. The lowest BCUT2D eigenvalue weighted by atomic mass is 10.2. The number of non-ortho nitro benzene ring substituents is 1. The summed E-state index contributed by atoms with van der Waals surface area (Å²) >= 11 is 0. The van der Waals surface area contributed by atoms with E-state index in [0.717, 1.165) is 11.4 Å². The molecule has 126 valence electrons. The van der Waals surface area contributed by atoms with Crippen molar-refractivity contribution in [3.05, 3.63) is 58.6 Å². The quantitative estimate of drug-likeness (QED) is 0.646. The van der Waals surface area contributed by atoms with Crippen molar-refractivity contribution in [2.75, 3.05) is 31.2 Å². The molecule has 0 fully saturated rings. The maximum atomic E-state index is 10.8. The molecule has 3 rings (SSSR count). The standard InChI is InChI=1S/C17H18N2O5/c20-14(12-24-15-5-3-4-13(10-15)19(21)22)11-18-8-9-23-17-7-2-1-6-16(17)18/h1-7,10,14,20H,8-9,11-12H2. The first-order chi connectivity index (χ1) is 11.6. The summed E-state index contributed by atoms with van der Waals surface area (Å²) in [6.07, 6.45) is -0.726. The number of aliphatic hydroxyl groups is 1. The number of β-amino-alcohol motifs (C(OH)–C–C–N with tert-alkyl or cyclic N) is 1. The maximum Gasteiger partial charge on any atom is 0.273 e. The number of rotatable bonds is 6. The topological polar surface area (TPSA) is 85.1 Å². The summed E-state index contributed by atoms with van der Waals surface area (Å²) in [5.41, 5.74) is 0.905. The molecule has 7 nitrogen and oxygen atoms in total. The maximum absolute atomic E-state index is 10.8. The fourth-order valence-corrected chi connectivity index (χ4v) is 2.60. The Hall–Kier alpha value is -2.80. The van der Waals surface area contributed by atoms with Crippen LogP contribution in [0, 0.1) is 10.1 Å². The van der Waals surface area contributed by atoms with Crippen molar-refractivity contribution in [2.24, 2.45) is 0 Å². The van der Waals surface area contributed by atoms with Gasteiger partial charge in [-0.1, -0.05) is 18.2 Å². The van der Waals surface area contributed by atoms with Gasteiger partial charge in [-0.3, -0.25) is 10.1 Å². The van der Waals surface area contributed by atoms with E-state index in [1.165, 1.54) is 12.1 Å². The van der Waals surface area contributed by atoms with Gasteiger partial charge in [0.05, 0.1) is 23.2 Å². The molecule has 1 heterocycles. The molecule has 24 heavy (non-hydrogen) atoms. The van der Waals surface area contributed by atoms with E-state index in [9.17, 15) is 15.2 Å². The molecule has 1 atom stereocenters. The highest BCUT2D eigenvalue weighted by Crippen LogP contribution is 2.30. The fourth-order valence-electron chi connectivity index (χ4n) is 2.60. The smallest absolute Gasteiger partial charge is 0.273 e. The Balaban J connectivity index is 1.58. The molecule has 0 aliphatic carbocycles. The molecule has 0 saturated carbocycles. The lowest BCUT2D eigenvalue weighted by Crippen LogP contribution is -2.40. The number of ether oxygens (including phenoxy) is 2. The normalized spacial score (nSPS) is 14.5. The first-order valence-corrected chi connectivity index (χ1v) is 7.65. The van der Waals surface area contributed by atoms with Gasteiger partial charge >= 0.3 is 0 Å². The Morgan fingerprint density at radius 3 is 2.96 bits per heavy atom. The number of para-hydroxylation sites is 2. The summed E-state index contributed by atoms with van der Waals surface area (Å²) in [6, 6.07) is 13.6. The summed E-state index contributed by atoms with van der Waals surface area (Å²) in [6.45, 7) is 1.70. The van der Waals surface area contributed by atoms with Gasteiger partial charge in [0, 0.05) is 12.6 Å². The van der Waals surface area contributed by atoms with E-state index < -0.39 is 11.0 Å². The molecule has 0 spiro atoms. The van der Waals surface area contributed by atoms with Crippen molar-refractivity contribution >= 4 is 11.4 Å². The summed E-state index contributed by atoms with van der Waals surface area (Å²) in [7, 11) is 0. The fraction of sp³-hybridized carbons (Fsp3) is 0.294. The van der Waals surface area contributed by atoms with E-state index in [1.807, 2.05) is 29.2 Å². The molecule has 7 heteroatoms. The van der Waals surface area contributed by atoms with E-state index in [-0.39, 0.29) is 12.3 Å². The Morgan fingerprint density at radius 2 is 2.12 bits per heavy atom. The van der Waals surface area contributed by atoms with Gasteiger partial charge in [0.1, 0.15) is 30.8 Å². The summed E-state index contributed by atoms with van der Waals surface area (Å²) in [5.74, 6) is 1.17. The summed E-state index contributed by atoms with van der Waals surface area (Å²) in [5, 5.41) is 21.0. The molecule has 0 amide bonds. The molecule has 2 aromatic carbocycles. The van der Waals surface area contributed by atoms with Gasteiger partial charge in [0.25, 0.3) is 5.69 Å². The van der Waals surface area contributed by atoms with Gasteiger partial charge in [-0.2, -0.15) is 0 Å². The largest absolute Gasteiger partial charge is 0.491 e. The average Bonchev–Trinajstić information content (AvgIpc) is 2.60. The van der Waals surface area contributed by atoms with Gasteiger partial charge in [-0.25, -0.2) is 0 Å².